The number of aromatic nitrogens is 2. The summed E-state index contributed by atoms with van der Waals surface area (Å²) < 4.78 is 13.6. The molecule has 1 unspecified atom stereocenters. The van der Waals surface area contributed by atoms with Crippen LogP contribution in [-0.2, 0) is 0 Å². The zero-order chi connectivity index (χ0) is 14.7. The predicted molar refractivity (Wildman–Crippen MR) is 82.6 cm³/mol. The van der Waals surface area contributed by atoms with E-state index < -0.39 is 0 Å². The Labute approximate surface area is 126 Å². The highest BCUT2D eigenvalue weighted by Gasteiger charge is 2.09. The average Bonchev–Trinajstić information content (AvgIpc) is 2.92. The van der Waals surface area contributed by atoms with E-state index in [1.807, 2.05) is 5.41 Å². The van der Waals surface area contributed by atoms with Crippen molar-refractivity contribution in [3.63, 3.8) is 0 Å². The Hall–Kier alpha value is -2.32. The SMILES string of the molecule is CC1NC(C#Cc2cnc(-c3ccccc3F)nc2)=CS1. The first-order valence-corrected chi connectivity index (χ1v) is 7.38. The summed E-state index contributed by atoms with van der Waals surface area (Å²) in [6.07, 6.45) is 3.21. The van der Waals surface area contributed by atoms with Gasteiger partial charge in [0.25, 0.3) is 0 Å². The van der Waals surface area contributed by atoms with Crippen LogP contribution in [-0.4, -0.2) is 15.3 Å². The Morgan fingerprint density at radius 1 is 1.19 bits per heavy atom. The summed E-state index contributed by atoms with van der Waals surface area (Å²) in [6.45, 7) is 2.07. The van der Waals surface area contributed by atoms with Crippen molar-refractivity contribution in [2.24, 2.45) is 0 Å². The summed E-state index contributed by atoms with van der Waals surface area (Å²) >= 11 is 1.69. The Morgan fingerprint density at radius 3 is 2.62 bits per heavy atom. The van der Waals surface area contributed by atoms with E-state index in [2.05, 4.69) is 34.0 Å². The van der Waals surface area contributed by atoms with Gasteiger partial charge in [-0.15, -0.1) is 11.8 Å². The molecule has 0 saturated carbocycles. The number of halogens is 1. The van der Waals surface area contributed by atoms with Crippen LogP contribution in [0.4, 0.5) is 4.39 Å². The van der Waals surface area contributed by atoms with E-state index in [0.717, 1.165) is 5.70 Å². The third kappa shape index (κ3) is 3.23. The van der Waals surface area contributed by atoms with E-state index >= 15 is 0 Å². The van der Waals surface area contributed by atoms with Crippen molar-refractivity contribution in [1.82, 2.24) is 15.3 Å². The highest BCUT2D eigenvalue weighted by molar-refractivity contribution is 8.02. The van der Waals surface area contributed by atoms with Gasteiger partial charge in [0, 0.05) is 17.8 Å². The second-order valence-corrected chi connectivity index (χ2v) is 5.69. The minimum Gasteiger partial charge on any atom is -0.366 e. The van der Waals surface area contributed by atoms with Gasteiger partial charge in [-0.1, -0.05) is 18.1 Å². The van der Waals surface area contributed by atoms with E-state index in [4.69, 9.17) is 0 Å². The van der Waals surface area contributed by atoms with Gasteiger partial charge in [-0.05, 0) is 25.0 Å². The molecule has 3 nitrogen and oxygen atoms in total. The molecular weight excluding hydrogens is 285 g/mol. The van der Waals surface area contributed by atoms with Crippen molar-refractivity contribution < 1.29 is 4.39 Å². The predicted octanol–water partition coefficient (Wildman–Crippen LogP) is 3.16. The molecule has 1 aromatic carbocycles. The number of thioether (sulfide) groups is 1. The van der Waals surface area contributed by atoms with Gasteiger partial charge in [0.15, 0.2) is 5.82 Å². The first-order valence-electron chi connectivity index (χ1n) is 6.43. The van der Waals surface area contributed by atoms with Crippen LogP contribution in [0.15, 0.2) is 47.8 Å². The van der Waals surface area contributed by atoms with Crippen molar-refractivity contribution in [3.05, 3.63) is 59.1 Å². The van der Waals surface area contributed by atoms with Gasteiger partial charge in [0.05, 0.1) is 22.2 Å². The third-order valence-electron chi connectivity index (χ3n) is 2.86. The number of hydrogen-bond donors (Lipinski definition) is 1. The van der Waals surface area contributed by atoms with Gasteiger partial charge in [0.1, 0.15) is 5.82 Å². The number of allylic oxidation sites excluding steroid dienone is 1. The number of nitrogens with zero attached hydrogens (tertiary/aromatic N) is 2. The van der Waals surface area contributed by atoms with E-state index in [9.17, 15) is 4.39 Å². The molecule has 2 aromatic rings. The van der Waals surface area contributed by atoms with E-state index in [1.54, 1.807) is 42.4 Å². The number of nitrogens with one attached hydrogen (secondary N) is 1. The van der Waals surface area contributed by atoms with Gasteiger partial charge in [0.2, 0.25) is 0 Å². The van der Waals surface area contributed by atoms with Crippen molar-refractivity contribution in [2.45, 2.75) is 12.3 Å². The molecule has 21 heavy (non-hydrogen) atoms. The molecule has 1 aliphatic heterocycles. The van der Waals surface area contributed by atoms with Crippen LogP contribution in [0.3, 0.4) is 0 Å². The molecule has 0 saturated heterocycles. The summed E-state index contributed by atoms with van der Waals surface area (Å²) in [7, 11) is 0. The normalized spacial score (nSPS) is 16.7. The molecule has 1 aromatic heterocycles. The highest BCUT2D eigenvalue weighted by atomic mass is 32.2. The maximum atomic E-state index is 13.6. The van der Waals surface area contributed by atoms with E-state index in [0.29, 0.717) is 22.3 Å². The monoisotopic (exact) mass is 297 g/mol. The van der Waals surface area contributed by atoms with Crippen LogP contribution in [0.1, 0.15) is 12.5 Å². The first kappa shape index (κ1) is 13.7. The van der Waals surface area contributed by atoms with Crippen molar-refractivity contribution in [2.75, 3.05) is 0 Å². The zero-order valence-corrected chi connectivity index (χ0v) is 12.1. The highest BCUT2D eigenvalue weighted by Crippen LogP contribution is 2.19. The Bertz CT molecular complexity index is 744. The van der Waals surface area contributed by atoms with Crippen LogP contribution in [0.25, 0.3) is 11.4 Å². The molecule has 0 radical (unpaired) electrons. The van der Waals surface area contributed by atoms with E-state index in [-0.39, 0.29) is 5.82 Å². The van der Waals surface area contributed by atoms with E-state index in [1.165, 1.54) is 6.07 Å². The number of rotatable bonds is 1. The summed E-state index contributed by atoms with van der Waals surface area (Å²) in [5, 5.41) is 5.58. The molecule has 1 aliphatic rings. The molecule has 5 heteroatoms. The number of hydrogen-bond acceptors (Lipinski definition) is 4. The van der Waals surface area contributed by atoms with Crippen LogP contribution >= 0.6 is 11.8 Å². The van der Waals surface area contributed by atoms with Gasteiger partial charge >= 0.3 is 0 Å². The molecule has 0 aliphatic carbocycles. The largest absolute Gasteiger partial charge is 0.366 e. The van der Waals surface area contributed by atoms with Crippen LogP contribution in [0.2, 0.25) is 0 Å². The maximum Gasteiger partial charge on any atom is 0.162 e. The molecule has 0 fully saturated rings. The molecule has 2 heterocycles. The lowest BCUT2D eigenvalue weighted by Gasteiger charge is -2.01. The van der Waals surface area contributed by atoms with Crippen LogP contribution < -0.4 is 5.32 Å². The lowest BCUT2D eigenvalue weighted by molar-refractivity contribution is 0.630. The Balaban J connectivity index is 1.79. The molecule has 104 valence electrons. The molecule has 1 N–H and O–H groups in total. The Kier molecular flexibility index (Phi) is 3.89. The summed E-state index contributed by atoms with van der Waals surface area (Å²) in [5.41, 5.74) is 1.98. The second kappa shape index (κ2) is 5.98. The standard InChI is InChI=1S/C16H12FN3S/c1-11-20-13(10-21-11)7-6-12-8-18-16(19-9-12)14-4-2-3-5-15(14)17/h2-5,8-11,20H,1H3. The van der Waals surface area contributed by atoms with Gasteiger partial charge < -0.3 is 5.32 Å². The zero-order valence-electron chi connectivity index (χ0n) is 11.3. The summed E-state index contributed by atoms with van der Waals surface area (Å²) in [4.78, 5) is 8.34. The van der Waals surface area contributed by atoms with Gasteiger partial charge in [-0.25, -0.2) is 14.4 Å². The Morgan fingerprint density at radius 2 is 1.95 bits per heavy atom. The van der Waals surface area contributed by atoms with Gasteiger partial charge in [-0.2, -0.15) is 0 Å². The molecule has 3 rings (SSSR count). The quantitative estimate of drug-likeness (QED) is 0.821. The lowest BCUT2D eigenvalue weighted by Crippen LogP contribution is -2.15. The van der Waals surface area contributed by atoms with Gasteiger partial charge in [-0.3, -0.25) is 0 Å². The fourth-order valence-electron chi connectivity index (χ4n) is 1.84. The molecular formula is C16H12FN3S. The van der Waals surface area contributed by atoms with Crippen LogP contribution in [0, 0.1) is 17.7 Å². The molecule has 0 bridgehead atoms. The molecule has 0 spiro atoms. The topological polar surface area (TPSA) is 37.8 Å². The van der Waals surface area contributed by atoms with Crippen molar-refractivity contribution in [1.29, 1.82) is 0 Å². The second-order valence-electron chi connectivity index (χ2n) is 4.48. The van der Waals surface area contributed by atoms with Crippen molar-refractivity contribution in [3.8, 4) is 23.2 Å². The first-order chi connectivity index (χ1) is 10.2. The fraction of sp³-hybridized carbons (Fsp3) is 0.125. The number of benzene rings is 1. The third-order valence-corrected chi connectivity index (χ3v) is 3.75. The van der Waals surface area contributed by atoms with Crippen LogP contribution in [0.5, 0.6) is 0 Å². The fourth-order valence-corrected chi connectivity index (χ4v) is 2.50. The average molecular weight is 297 g/mol. The minimum absolute atomic E-state index is 0.331. The smallest absolute Gasteiger partial charge is 0.162 e. The minimum atomic E-state index is -0.331. The summed E-state index contributed by atoms with van der Waals surface area (Å²) in [5.74, 6) is 6.04. The molecule has 0 amide bonds. The lowest BCUT2D eigenvalue weighted by atomic mass is 10.2. The summed E-state index contributed by atoms with van der Waals surface area (Å²) in [6, 6.07) is 6.44. The molecule has 1 atom stereocenters. The van der Waals surface area contributed by atoms with Crippen molar-refractivity contribution >= 4 is 11.8 Å². The maximum absolute atomic E-state index is 13.6.